The summed E-state index contributed by atoms with van der Waals surface area (Å²) >= 11 is 9.47. The Balaban J connectivity index is 1.38. The number of fused-ring (bicyclic) bond motifs is 1. The van der Waals surface area contributed by atoms with Gasteiger partial charge in [0.1, 0.15) is 11.9 Å². The lowest BCUT2D eigenvalue weighted by atomic mass is 9.80. The third kappa shape index (κ3) is 3.08. The van der Waals surface area contributed by atoms with Crippen molar-refractivity contribution in [3.63, 3.8) is 0 Å². The summed E-state index contributed by atoms with van der Waals surface area (Å²) in [6, 6.07) is 4.80. The Morgan fingerprint density at radius 3 is 2.89 bits per heavy atom. The van der Waals surface area contributed by atoms with E-state index in [0.29, 0.717) is 16.5 Å². The van der Waals surface area contributed by atoms with Gasteiger partial charge in [-0.2, -0.15) is 0 Å². The van der Waals surface area contributed by atoms with Crippen LogP contribution < -0.4 is 10.1 Å². The van der Waals surface area contributed by atoms with E-state index >= 15 is 0 Å². The number of carbonyl (C=O) groups excluding carboxylic acids is 3. The van der Waals surface area contributed by atoms with Gasteiger partial charge in [0.15, 0.2) is 6.61 Å². The van der Waals surface area contributed by atoms with Crippen molar-refractivity contribution in [1.82, 2.24) is 0 Å². The largest absolute Gasteiger partial charge is 0.495 e. The van der Waals surface area contributed by atoms with Gasteiger partial charge in [0.25, 0.3) is 5.91 Å². The van der Waals surface area contributed by atoms with Crippen molar-refractivity contribution < 1.29 is 28.6 Å². The zero-order valence-electron chi connectivity index (χ0n) is 14.3. The van der Waals surface area contributed by atoms with E-state index in [0.717, 1.165) is 6.42 Å². The molecule has 1 saturated heterocycles. The Morgan fingerprint density at radius 1 is 1.37 bits per heavy atom. The summed E-state index contributed by atoms with van der Waals surface area (Å²) in [7, 11) is 1.47. The van der Waals surface area contributed by atoms with Gasteiger partial charge >= 0.3 is 11.9 Å². The molecule has 0 spiro atoms. The van der Waals surface area contributed by atoms with E-state index < -0.39 is 30.3 Å². The first-order valence-corrected chi connectivity index (χ1v) is 9.84. The van der Waals surface area contributed by atoms with Crippen LogP contribution in [0.5, 0.6) is 5.75 Å². The van der Waals surface area contributed by atoms with E-state index in [1.165, 1.54) is 7.11 Å². The van der Waals surface area contributed by atoms with Crippen molar-refractivity contribution in [2.45, 2.75) is 17.4 Å². The summed E-state index contributed by atoms with van der Waals surface area (Å²) in [6.07, 6.45) is 0.595. The van der Waals surface area contributed by atoms with Crippen LogP contribution in [0.25, 0.3) is 0 Å². The molecule has 6 atom stereocenters. The van der Waals surface area contributed by atoms with Gasteiger partial charge in [0, 0.05) is 10.9 Å². The maximum absolute atomic E-state index is 12.6. The summed E-state index contributed by atoms with van der Waals surface area (Å²) in [6.45, 7) is -0.458. The van der Waals surface area contributed by atoms with Crippen LogP contribution in [0.1, 0.15) is 6.42 Å². The topological polar surface area (TPSA) is 90.9 Å². The Bertz CT molecular complexity index is 817. The molecule has 2 bridgehead atoms. The lowest BCUT2D eigenvalue weighted by molar-refractivity contribution is -0.157. The summed E-state index contributed by atoms with van der Waals surface area (Å²) < 4.78 is 15.7. The summed E-state index contributed by atoms with van der Waals surface area (Å²) in [4.78, 5) is 36.8. The SMILES string of the molecule is COc1ccc(Cl)cc1NC(=O)COC(=O)[C@@H]1[C@H]2C[C@H]3[C@H](OC(=O)[C@@H]31)[C@@H]2Br. The Labute approximate surface area is 168 Å². The zero-order chi connectivity index (χ0) is 19.3. The van der Waals surface area contributed by atoms with Crippen molar-refractivity contribution in [3.8, 4) is 5.75 Å². The molecule has 2 aliphatic carbocycles. The first-order valence-electron chi connectivity index (χ1n) is 8.55. The predicted molar refractivity (Wildman–Crippen MR) is 98.8 cm³/mol. The van der Waals surface area contributed by atoms with Crippen LogP contribution >= 0.6 is 27.5 Å². The quantitative estimate of drug-likeness (QED) is 0.538. The smallest absolute Gasteiger partial charge is 0.310 e. The first kappa shape index (κ1) is 18.6. The van der Waals surface area contributed by atoms with Crippen molar-refractivity contribution in [1.29, 1.82) is 0 Å². The molecular weight excluding hydrogens is 442 g/mol. The number of hydrogen-bond acceptors (Lipinski definition) is 6. The van der Waals surface area contributed by atoms with Gasteiger partial charge in [-0.1, -0.05) is 27.5 Å². The molecule has 144 valence electrons. The van der Waals surface area contributed by atoms with Crippen LogP contribution in [0.3, 0.4) is 0 Å². The summed E-state index contributed by atoms with van der Waals surface area (Å²) in [5, 5.41) is 3.04. The highest BCUT2D eigenvalue weighted by molar-refractivity contribution is 9.09. The molecule has 0 aromatic heterocycles. The first-order chi connectivity index (χ1) is 12.9. The van der Waals surface area contributed by atoms with Gasteiger partial charge in [0.05, 0.1) is 29.5 Å². The van der Waals surface area contributed by atoms with E-state index in [1.807, 2.05) is 0 Å². The molecule has 1 N–H and O–H groups in total. The highest BCUT2D eigenvalue weighted by Crippen LogP contribution is 2.60. The highest BCUT2D eigenvalue weighted by atomic mass is 79.9. The van der Waals surface area contributed by atoms with Crippen LogP contribution in [0.4, 0.5) is 5.69 Å². The van der Waals surface area contributed by atoms with Crippen molar-refractivity contribution in [3.05, 3.63) is 23.2 Å². The number of ether oxygens (including phenoxy) is 3. The van der Waals surface area contributed by atoms with E-state index in [1.54, 1.807) is 18.2 Å². The fraction of sp³-hybridized carbons (Fsp3) is 0.500. The van der Waals surface area contributed by atoms with Crippen LogP contribution in [0, 0.1) is 23.7 Å². The molecule has 3 fully saturated rings. The van der Waals surface area contributed by atoms with Gasteiger partial charge < -0.3 is 19.5 Å². The van der Waals surface area contributed by atoms with Gasteiger partial charge in [-0.25, -0.2) is 0 Å². The second-order valence-electron chi connectivity index (χ2n) is 6.96. The minimum Gasteiger partial charge on any atom is -0.495 e. The molecule has 3 aliphatic rings. The molecule has 1 amide bonds. The van der Waals surface area contributed by atoms with Crippen LogP contribution in [-0.4, -0.2) is 42.5 Å². The summed E-state index contributed by atoms with van der Waals surface area (Å²) in [5.41, 5.74) is 0.383. The molecule has 1 aliphatic heterocycles. The molecule has 1 heterocycles. The zero-order valence-corrected chi connectivity index (χ0v) is 16.7. The van der Waals surface area contributed by atoms with Crippen molar-refractivity contribution in [2.24, 2.45) is 23.7 Å². The molecular formula is C18H17BrClNO6. The third-order valence-electron chi connectivity index (χ3n) is 5.58. The molecule has 27 heavy (non-hydrogen) atoms. The average Bonchev–Trinajstić information content (AvgIpc) is 3.24. The minimum atomic E-state index is -0.570. The molecule has 0 radical (unpaired) electrons. The average molecular weight is 459 g/mol. The van der Waals surface area contributed by atoms with Gasteiger partial charge in [0.2, 0.25) is 0 Å². The van der Waals surface area contributed by atoms with E-state index in [2.05, 4.69) is 21.2 Å². The third-order valence-corrected chi connectivity index (χ3v) is 7.01. The van der Waals surface area contributed by atoms with E-state index in [4.69, 9.17) is 25.8 Å². The maximum Gasteiger partial charge on any atom is 0.310 e. The second kappa shape index (κ2) is 6.98. The second-order valence-corrected chi connectivity index (χ2v) is 8.46. The molecule has 1 aromatic carbocycles. The van der Waals surface area contributed by atoms with Gasteiger partial charge in [-0.15, -0.1) is 0 Å². The Hall–Kier alpha value is -1.80. The number of methoxy groups -OCH3 is 1. The fourth-order valence-corrected chi connectivity index (χ4v) is 5.71. The summed E-state index contributed by atoms with van der Waals surface area (Å²) in [5.74, 6) is -1.96. The van der Waals surface area contributed by atoms with E-state index in [-0.39, 0.29) is 28.7 Å². The standard InChI is InChI=1S/C18H17BrClNO6/c1-25-11-3-2-7(20)4-10(11)21-12(22)6-26-17(23)13-8-5-9-14(13)18(24)27-16(9)15(8)19/h2-4,8-9,13-16H,5-6H2,1H3,(H,21,22)/t8-,9-,13-,14+,15-,16+/m1/s1. The van der Waals surface area contributed by atoms with Gasteiger partial charge in [-0.3, -0.25) is 14.4 Å². The molecule has 4 rings (SSSR count). The molecule has 2 saturated carbocycles. The molecule has 1 aromatic rings. The van der Waals surface area contributed by atoms with Gasteiger partial charge in [-0.05, 0) is 30.5 Å². The number of halogens is 2. The lowest BCUT2D eigenvalue weighted by Gasteiger charge is -2.26. The molecule has 9 heteroatoms. The fourth-order valence-electron chi connectivity index (χ4n) is 4.49. The number of alkyl halides is 1. The van der Waals surface area contributed by atoms with Crippen molar-refractivity contribution >= 4 is 51.1 Å². The molecule has 7 nitrogen and oxygen atoms in total. The maximum atomic E-state index is 12.6. The lowest BCUT2D eigenvalue weighted by Crippen LogP contribution is -2.39. The number of rotatable bonds is 5. The monoisotopic (exact) mass is 457 g/mol. The number of amides is 1. The van der Waals surface area contributed by atoms with Crippen LogP contribution in [0.15, 0.2) is 18.2 Å². The number of hydrogen-bond donors (Lipinski definition) is 1. The number of anilines is 1. The Morgan fingerprint density at radius 2 is 2.15 bits per heavy atom. The molecule has 0 unspecified atom stereocenters. The minimum absolute atomic E-state index is 0.0139. The number of benzene rings is 1. The number of esters is 2. The number of nitrogens with one attached hydrogen (secondary N) is 1. The normalized spacial score (nSPS) is 32.9. The highest BCUT2D eigenvalue weighted by Gasteiger charge is 2.68. The predicted octanol–water partition coefficient (Wildman–Crippen LogP) is 2.40. The van der Waals surface area contributed by atoms with Crippen molar-refractivity contribution in [2.75, 3.05) is 19.0 Å². The van der Waals surface area contributed by atoms with Crippen LogP contribution in [0.2, 0.25) is 5.02 Å². The van der Waals surface area contributed by atoms with E-state index in [9.17, 15) is 14.4 Å². The van der Waals surface area contributed by atoms with Crippen LogP contribution in [-0.2, 0) is 23.9 Å². The number of carbonyl (C=O) groups is 3. The Kier molecular flexibility index (Phi) is 4.80.